The molecular weight excluding hydrogens is 327 g/mol. The Morgan fingerprint density at radius 2 is 1.40 bits per heavy atom. The number of hydrogen-bond donors (Lipinski definition) is 0. The lowest BCUT2D eigenvalue weighted by Crippen LogP contribution is -2.09. The first kappa shape index (κ1) is 14.2. The number of rotatable bonds is 3. The van der Waals surface area contributed by atoms with Crippen LogP contribution in [0.15, 0.2) is 54.6 Å². The van der Waals surface area contributed by atoms with Crippen LogP contribution in [0.5, 0.6) is 0 Å². The highest BCUT2D eigenvalue weighted by molar-refractivity contribution is 7.64. The predicted octanol–water partition coefficient (Wildman–Crippen LogP) is 6.19. The van der Waals surface area contributed by atoms with Gasteiger partial charge in [0.05, 0.1) is 0 Å². The van der Waals surface area contributed by atoms with Crippen molar-refractivity contribution in [1.29, 1.82) is 0 Å². The molecule has 0 nitrogen and oxygen atoms in total. The molecule has 3 aromatic rings. The van der Waals surface area contributed by atoms with Crippen molar-refractivity contribution in [2.45, 2.75) is 12.5 Å². The molecule has 0 aliphatic heterocycles. The Balaban J connectivity index is 2.10. The lowest BCUT2D eigenvalue weighted by Gasteiger charge is -2.11. The van der Waals surface area contributed by atoms with Crippen LogP contribution in [0.3, 0.4) is 0 Å². The van der Waals surface area contributed by atoms with Gasteiger partial charge in [-0.05, 0) is 51.7 Å². The van der Waals surface area contributed by atoms with Gasteiger partial charge in [0.1, 0.15) is 0 Å². The van der Waals surface area contributed by atoms with Crippen molar-refractivity contribution in [2.24, 2.45) is 0 Å². The predicted molar refractivity (Wildman–Crippen MR) is 93.3 cm³/mol. The molecule has 0 fully saturated rings. The third-order valence-electron chi connectivity index (χ3n) is 3.51. The maximum Gasteiger partial charge on any atom is 0.341 e. The second-order valence-corrected chi connectivity index (χ2v) is 14.2. The standard InChI is InChI=1S/C16H13Cl3Si/c17-20(18,19)9-8-12-6-3-7-15-10-13-4-1-2-5-14(13)11-16(12)15/h1-7,10-11H,8-9H2. The molecule has 0 heterocycles. The maximum atomic E-state index is 6.00. The first-order valence-electron chi connectivity index (χ1n) is 6.50. The number of fused-ring (bicyclic) bond motifs is 2. The lowest BCUT2D eigenvalue weighted by molar-refractivity contribution is 1.14. The lowest BCUT2D eigenvalue weighted by atomic mass is 9.99. The van der Waals surface area contributed by atoms with Gasteiger partial charge in [0, 0.05) is 0 Å². The molecule has 3 rings (SSSR count). The fourth-order valence-corrected chi connectivity index (χ4v) is 3.93. The SMILES string of the molecule is Cl[Si](Cl)(Cl)CCc1cccc2cc3ccccc3cc12. The van der Waals surface area contributed by atoms with E-state index in [1.807, 2.05) is 0 Å². The minimum absolute atomic E-state index is 0.656. The van der Waals surface area contributed by atoms with Gasteiger partial charge in [-0.2, -0.15) is 0 Å². The molecule has 0 saturated carbocycles. The quantitative estimate of drug-likeness (QED) is 0.303. The van der Waals surface area contributed by atoms with Crippen molar-refractivity contribution in [3.05, 3.63) is 60.2 Å². The average molecular weight is 340 g/mol. The third-order valence-corrected chi connectivity index (χ3v) is 6.03. The van der Waals surface area contributed by atoms with Crippen molar-refractivity contribution >= 4 is 60.8 Å². The summed E-state index contributed by atoms with van der Waals surface area (Å²) in [4.78, 5) is 0. The van der Waals surface area contributed by atoms with Gasteiger partial charge in [0.15, 0.2) is 0 Å². The van der Waals surface area contributed by atoms with Gasteiger partial charge >= 0.3 is 6.00 Å². The summed E-state index contributed by atoms with van der Waals surface area (Å²) in [5.41, 5.74) is 1.26. The highest BCUT2D eigenvalue weighted by atomic mass is 35.8. The molecule has 0 aliphatic rings. The highest BCUT2D eigenvalue weighted by Gasteiger charge is 2.24. The van der Waals surface area contributed by atoms with Crippen LogP contribution in [0, 0.1) is 0 Å². The largest absolute Gasteiger partial charge is 0.341 e. The van der Waals surface area contributed by atoms with Gasteiger partial charge in [0.2, 0.25) is 0 Å². The Bertz CT molecular complexity index is 762. The summed E-state index contributed by atoms with van der Waals surface area (Å²) in [6.07, 6.45) is 0.818. The summed E-state index contributed by atoms with van der Waals surface area (Å²) >= 11 is 18.0. The topological polar surface area (TPSA) is 0 Å². The molecule has 0 unspecified atom stereocenters. The van der Waals surface area contributed by atoms with Gasteiger partial charge in [-0.3, -0.25) is 0 Å². The molecule has 0 amide bonds. The Morgan fingerprint density at radius 1 is 0.750 bits per heavy atom. The van der Waals surface area contributed by atoms with Crippen LogP contribution in [-0.4, -0.2) is 6.00 Å². The molecule has 102 valence electrons. The molecule has 0 radical (unpaired) electrons. The van der Waals surface area contributed by atoms with Crippen LogP contribution in [0.4, 0.5) is 0 Å². The van der Waals surface area contributed by atoms with Gasteiger partial charge in [-0.15, -0.1) is 33.2 Å². The van der Waals surface area contributed by atoms with Crippen LogP contribution in [0.25, 0.3) is 21.5 Å². The minimum atomic E-state index is -2.56. The van der Waals surface area contributed by atoms with E-state index in [4.69, 9.17) is 33.2 Å². The van der Waals surface area contributed by atoms with Gasteiger partial charge in [-0.1, -0.05) is 42.5 Å². The summed E-state index contributed by atoms with van der Waals surface area (Å²) < 4.78 is 0. The second-order valence-electron chi connectivity index (χ2n) is 4.95. The molecule has 0 N–H and O–H groups in total. The zero-order valence-corrected chi connectivity index (χ0v) is 14.0. The Hall–Kier alpha value is -0.733. The van der Waals surface area contributed by atoms with Crippen molar-refractivity contribution in [1.82, 2.24) is 0 Å². The van der Waals surface area contributed by atoms with E-state index in [0.29, 0.717) is 6.04 Å². The zero-order valence-electron chi connectivity index (χ0n) is 10.7. The fraction of sp³-hybridized carbons (Fsp3) is 0.125. The second kappa shape index (κ2) is 5.57. The third kappa shape index (κ3) is 3.12. The summed E-state index contributed by atoms with van der Waals surface area (Å²) in [7, 11) is 0. The molecule has 0 bridgehead atoms. The molecule has 20 heavy (non-hydrogen) atoms. The molecule has 0 saturated heterocycles. The minimum Gasteiger partial charge on any atom is -0.126 e. The van der Waals surface area contributed by atoms with Crippen LogP contribution < -0.4 is 0 Å². The van der Waals surface area contributed by atoms with Crippen molar-refractivity contribution in [2.75, 3.05) is 0 Å². The van der Waals surface area contributed by atoms with E-state index < -0.39 is 6.00 Å². The Labute approximate surface area is 133 Å². The molecule has 3 aromatic carbocycles. The smallest absolute Gasteiger partial charge is 0.126 e. The first-order chi connectivity index (χ1) is 9.53. The maximum absolute atomic E-state index is 6.00. The van der Waals surface area contributed by atoms with Crippen molar-refractivity contribution < 1.29 is 0 Å². The Kier molecular flexibility index (Phi) is 3.96. The van der Waals surface area contributed by atoms with E-state index in [1.165, 1.54) is 27.1 Å². The number of hydrogen-bond acceptors (Lipinski definition) is 0. The average Bonchev–Trinajstić information content (AvgIpc) is 2.42. The summed E-state index contributed by atoms with van der Waals surface area (Å²) in [6, 6.07) is 17.3. The van der Waals surface area contributed by atoms with Crippen molar-refractivity contribution in [3.63, 3.8) is 0 Å². The zero-order chi connectivity index (χ0) is 14.2. The molecular formula is C16H13Cl3Si. The Morgan fingerprint density at radius 3 is 2.10 bits per heavy atom. The van der Waals surface area contributed by atoms with E-state index in [2.05, 4.69) is 54.6 Å². The van der Waals surface area contributed by atoms with Crippen LogP contribution in [-0.2, 0) is 6.42 Å². The molecule has 4 heteroatoms. The normalized spacial score (nSPS) is 12.2. The summed E-state index contributed by atoms with van der Waals surface area (Å²) in [5.74, 6) is 0. The highest BCUT2D eigenvalue weighted by Crippen LogP contribution is 2.30. The number of aryl methyl sites for hydroxylation is 1. The van der Waals surface area contributed by atoms with Crippen LogP contribution in [0.2, 0.25) is 6.04 Å². The number of halogens is 3. The summed E-state index contributed by atoms with van der Waals surface area (Å²) in [5, 5.41) is 5.01. The van der Waals surface area contributed by atoms with Gasteiger partial charge in [-0.25, -0.2) is 0 Å². The van der Waals surface area contributed by atoms with E-state index in [9.17, 15) is 0 Å². The van der Waals surface area contributed by atoms with E-state index in [-0.39, 0.29) is 0 Å². The number of benzene rings is 3. The van der Waals surface area contributed by atoms with E-state index >= 15 is 0 Å². The van der Waals surface area contributed by atoms with Gasteiger partial charge < -0.3 is 0 Å². The molecule has 0 spiro atoms. The summed E-state index contributed by atoms with van der Waals surface area (Å²) in [6.45, 7) is 0. The monoisotopic (exact) mass is 338 g/mol. The molecule has 0 atom stereocenters. The fourth-order valence-electron chi connectivity index (χ4n) is 2.53. The first-order valence-corrected chi connectivity index (χ1v) is 11.7. The molecule has 0 aliphatic carbocycles. The van der Waals surface area contributed by atoms with E-state index in [0.717, 1.165) is 6.42 Å². The van der Waals surface area contributed by atoms with E-state index in [1.54, 1.807) is 0 Å². The molecule has 0 aromatic heterocycles. The van der Waals surface area contributed by atoms with Crippen LogP contribution >= 0.6 is 33.2 Å². The van der Waals surface area contributed by atoms with Gasteiger partial charge in [0.25, 0.3) is 0 Å². The van der Waals surface area contributed by atoms with Crippen LogP contribution in [0.1, 0.15) is 5.56 Å². The van der Waals surface area contributed by atoms with Crippen molar-refractivity contribution in [3.8, 4) is 0 Å².